The van der Waals surface area contributed by atoms with Gasteiger partial charge >= 0.3 is 0 Å². The summed E-state index contributed by atoms with van der Waals surface area (Å²) in [4.78, 5) is 24.1. The average Bonchev–Trinajstić information content (AvgIpc) is 3.36. The van der Waals surface area contributed by atoms with Crippen molar-refractivity contribution in [2.45, 2.75) is 11.8 Å². The third-order valence-corrected chi connectivity index (χ3v) is 7.15. The number of aromatic nitrogens is 2. The van der Waals surface area contributed by atoms with Crippen LogP contribution >= 0.6 is 0 Å². The lowest BCUT2D eigenvalue weighted by Gasteiger charge is -2.23. The van der Waals surface area contributed by atoms with Gasteiger partial charge in [-0.15, -0.1) is 0 Å². The maximum absolute atomic E-state index is 13.3. The molecule has 3 N–H and O–H groups in total. The third-order valence-electron chi connectivity index (χ3n) is 5.25. The normalized spacial score (nSPS) is 11.1. The Labute approximate surface area is 202 Å². The number of sulfonamides is 1. The van der Waals surface area contributed by atoms with Gasteiger partial charge in [0.05, 0.1) is 16.3 Å². The topological polar surface area (TPSA) is 127 Å². The van der Waals surface area contributed by atoms with Gasteiger partial charge in [-0.25, -0.2) is 13.1 Å². The van der Waals surface area contributed by atoms with E-state index >= 15 is 0 Å². The number of rotatable bonds is 8. The van der Waals surface area contributed by atoms with Gasteiger partial charge in [-0.2, -0.15) is 5.10 Å². The van der Waals surface area contributed by atoms with Gasteiger partial charge in [0.2, 0.25) is 0 Å². The zero-order valence-electron chi connectivity index (χ0n) is 18.8. The van der Waals surface area contributed by atoms with Gasteiger partial charge in [-0.05, 0) is 67.6 Å². The van der Waals surface area contributed by atoms with E-state index in [0.29, 0.717) is 17.1 Å². The molecule has 0 aliphatic heterocycles. The second-order valence-electron chi connectivity index (χ2n) is 7.54. The zero-order chi connectivity index (χ0) is 25.0. The van der Waals surface area contributed by atoms with Crippen LogP contribution in [0.1, 0.15) is 27.8 Å². The van der Waals surface area contributed by atoms with E-state index in [-0.39, 0.29) is 22.7 Å². The molecule has 0 saturated heterocycles. The summed E-state index contributed by atoms with van der Waals surface area (Å²) in [5.74, 6) is -1.07. The molecular formula is C25H23N5O4S. The number of primary amides is 1. The average molecular weight is 490 g/mol. The van der Waals surface area contributed by atoms with Gasteiger partial charge in [0, 0.05) is 24.0 Å². The minimum absolute atomic E-state index is 0.0233. The molecule has 4 aromatic rings. The molecule has 9 nitrogen and oxygen atoms in total. The number of nitrogens with zero attached hydrogens (tertiary/aromatic N) is 3. The number of hydrogen-bond donors (Lipinski definition) is 2. The van der Waals surface area contributed by atoms with E-state index in [1.165, 1.54) is 33.3 Å². The van der Waals surface area contributed by atoms with Gasteiger partial charge < -0.3 is 11.1 Å². The fourth-order valence-electron chi connectivity index (χ4n) is 3.51. The second-order valence-corrected chi connectivity index (χ2v) is 9.41. The number of hydrogen-bond acceptors (Lipinski definition) is 5. The van der Waals surface area contributed by atoms with Crippen LogP contribution in [0.4, 0.5) is 11.4 Å². The van der Waals surface area contributed by atoms with Crippen molar-refractivity contribution in [1.82, 2.24) is 9.78 Å². The fourth-order valence-corrected chi connectivity index (χ4v) is 5.03. The van der Waals surface area contributed by atoms with Crippen molar-refractivity contribution < 1.29 is 18.0 Å². The predicted octanol–water partition coefficient (Wildman–Crippen LogP) is 3.44. The number of para-hydroxylation sites is 1. The van der Waals surface area contributed by atoms with Crippen LogP contribution in [-0.4, -0.2) is 36.6 Å². The number of benzene rings is 3. The Morgan fingerprint density at radius 2 is 1.69 bits per heavy atom. The van der Waals surface area contributed by atoms with Crippen LogP contribution in [-0.2, 0) is 10.0 Å². The predicted molar refractivity (Wildman–Crippen MR) is 133 cm³/mol. The molecule has 0 aliphatic carbocycles. The molecule has 0 spiro atoms. The van der Waals surface area contributed by atoms with Crippen LogP contribution in [0.3, 0.4) is 0 Å². The summed E-state index contributed by atoms with van der Waals surface area (Å²) in [5.41, 5.74) is 7.30. The largest absolute Gasteiger partial charge is 0.364 e. The fraction of sp³-hybridized carbons (Fsp3) is 0.0800. The molecule has 0 radical (unpaired) electrons. The van der Waals surface area contributed by atoms with E-state index in [2.05, 4.69) is 10.4 Å². The third kappa shape index (κ3) is 5.07. The van der Waals surface area contributed by atoms with Crippen LogP contribution in [0, 0.1) is 0 Å². The molecule has 178 valence electrons. The van der Waals surface area contributed by atoms with Gasteiger partial charge in [-0.3, -0.25) is 13.9 Å². The maximum Gasteiger partial charge on any atom is 0.269 e. The van der Waals surface area contributed by atoms with E-state index in [9.17, 15) is 18.0 Å². The first-order chi connectivity index (χ1) is 16.8. The zero-order valence-corrected chi connectivity index (χ0v) is 19.6. The molecule has 35 heavy (non-hydrogen) atoms. The molecule has 1 aromatic heterocycles. The number of nitrogens with one attached hydrogen (secondary N) is 1. The van der Waals surface area contributed by atoms with Gasteiger partial charge in [0.15, 0.2) is 0 Å². The summed E-state index contributed by atoms with van der Waals surface area (Å²) in [6.45, 7) is 2.00. The van der Waals surface area contributed by atoms with E-state index in [1.807, 2.05) is 6.07 Å². The molecule has 0 saturated carbocycles. The molecule has 0 fully saturated rings. The molecule has 0 aliphatic rings. The number of carbonyl (C=O) groups is 2. The summed E-state index contributed by atoms with van der Waals surface area (Å²) >= 11 is 0. The second kappa shape index (κ2) is 9.82. The highest BCUT2D eigenvalue weighted by atomic mass is 32.2. The van der Waals surface area contributed by atoms with E-state index in [4.69, 9.17) is 5.73 Å². The first kappa shape index (κ1) is 23.7. The van der Waals surface area contributed by atoms with Crippen molar-refractivity contribution in [3.05, 3.63) is 102 Å². The Morgan fingerprint density at radius 1 is 0.971 bits per heavy atom. The SMILES string of the molecule is CCN(c1ccccc1)S(=O)(=O)c1cccc(C(=O)Nc2ccc(-n3ccc(C(N)=O)n3)cc2)c1. The quantitative estimate of drug-likeness (QED) is 0.392. The van der Waals surface area contributed by atoms with Crippen LogP contribution in [0.2, 0.25) is 0 Å². The lowest BCUT2D eigenvalue weighted by atomic mass is 10.2. The molecule has 4 rings (SSSR count). The van der Waals surface area contributed by atoms with Crippen molar-refractivity contribution in [2.24, 2.45) is 5.73 Å². The molecule has 3 aromatic carbocycles. The molecule has 0 unspecified atom stereocenters. The molecule has 1 heterocycles. The van der Waals surface area contributed by atoms with Crippen LogP contribution in [0.15, 0.2) is 96.0 Å². The van der Waals surface area contributed by atoms with Crippen molar-refractivity contribution in [2.75, 3.05) is 16.2 Å². The summed E-state index contributed by atoms with van der Waals surface area (Å²) in [6.07, 6.45) is 1.61. The van der Waals surface area contributed by atoms with E-state index < -0.39 is 21.8 Å². The van der Waals surface area contributed by atoms with Gasteiger partial charge in [0.1, 0.15) is 5.69 Å². The summed E-state index contributed by atoms with van der Waals surface area (Å²) in [5, 5.41) is 6.85. The smallest absolute Gasteiger partial charge is 0.269 e. The summed E-state index contributed by atoms with van der Waals surface area (Å²) < 4.78 is 29.3. The first-order valence-corrected chi connectivity index (χ1v) is 12.2. The standard InChI is InChI=1S/C25H23N5O4S/c1-2-30(21-8-4-3-5-9-21)35(33,34)22-10-6-7-18(17-22)25(32)27-19-11-13-20(14-12-19)29-16-15-23(28-29)24(26)31/h3-17H,2H2,1H3,(H2,26,31)(H,27,32). The number of amides is 2. The Kier molecular flexibility index (Phi) is 6.65. The molecular weight excluding hydrogens is 466 g/mol. The molecule has 0 bridgehead atoms. The minimum atomic E-state index is -3.86. The molecule has 10 heteroatoms. The molecule has 0 atom stereocenters. The molecule has 2 amide bonds. The van der Waals surface area contributed by atoms with Crippen LogP contribution in [0.25, 0.3) is 5.69 Å². The monoisotopic (exact) mass is 489 g/mol. The van der Waals surface area contributed by atoms with E-state index in [0.717, 1.165) is 0 Å². The van der Waals surface area contributed by atoms with Crippen molar-refractivity contribution in [3.8, 4) is 5.69 Å². The lowest BCUT2D eigenvalue weighted by molar-refractivity contribution is 0.0993. The summed E-state index contributed by atoms with van der Waals surface area (Å²) in [7, 11) is -3.86. The summed E-state index contributed by atoms with van der Waals surface area (Å²) in [6, 6.07) is 23.0. The Bertz CT molecular complexity index is 1470. The van der Waals surface area contributed by atoms with E-state index in [1.54, 1.807) is 67.7 Å². The minimum Gasteiger partial charge on any atom is -0.364 e. The number of nitrogens with two attached hydrogens (primary N) is 1. The number of carbonyl (C=O) groups excluding carboxylic acids is 2. The Balaban J connectivity index is 1.52. The highest BCUT2D eigenvalue weighted by Gasteiger charge is 2.24. The van der Waals surface area contributed by atoms with Crippen molar-refractivity contribution in [1.29, 1.82) is 0 Å². The number of anilines is 2. The van der Waals surface area contributed by atoms with Crippen molar-refractivity contribution >= 4 is 33.2 Å². The van der Waals surface area contributed by atoms with Crippen LogP contribution in [0.5, 0.6) is 0 Å². The van der Waals surface area contributed by atoms with Crippen molar-refractivity contribution in [3.63, 3.8) is 0 Å². The maximum atomic E-state index is 13.3. The van der Waals surface area contributed by atoms with Crippen LogP contribution < -0.4 is 15.4 Å². The highest BCUT2D eigenvalue weighted by Crippen LogP contribution is 2.24. The lowest BCUT2D eigenvalue weighted by Crippen LogP contribution is -2.30. The van der Waals surface area contributed by atoms with Gasteiger partial charge in [0.25, 0.3) is 21.8 Å². The van der Waals surface area contributed by atoms with Gasteiger partial charge in [-0.1, -0.05) is 24.3 Å². The highest BCUT2D eigenvalue weighted by molar-refractivity contribution is 7.92. The Morgan fingerprint density at radius 3 is 2.31 bits per heavy atom. The first-order valence-electron chi connectivity index (χ1n) is 10.7. The Hall–Kier alpha value is -4.44.